The Morgan fingerprint density at radius 3 is 2.60 bits per heavy atom. The first-order chi connectivity index (χ1) is 14.6. The summed E-state index contributed by atoms with van der Waals surface area (Å²) in [6.45, 7) is 7.48. The van der Waals surface area contributed by atoms with E-state index in [1.54, 1.807) is 24.3 Å². The van der Waals surface area contributed by atoms with E-state index in [-0.39, 0.29) is 18.4 Å². The largest absolute Gasteiger partial charge is 0.357 e. The first-order valence-electron chi connectivity index (χ1n) is 10.6. The van der Waals surface area contributed by atoms with Crippen LogP contribution in [0.3, 0.4) is 0 Å². The van der Waals surface area contributed by atoms with Gasteiger partial charge in [-0.3, -0.25) is 19.5 Å². The lowest BCUT2D eigenvalue weighted by atomic mass is 9.93. The van der Waals surface area contributed by atoms with Crippen molar-refractivity contribution in [1.82, 2.24) is 24.7 Å². The second kappa shape index (κ2) is 8.69. The van der Waals surface area contributed by atoms with Gasteiger partial charge >= 0.3 is 0 Å². The monoisotopic (exact) mass is 408 g/mol. The predicted octanol–water partition coefficient (Wildman–Crippen LogP) is 2.03. The summed E-state index contributed by atoms with van der Waals surface area (Å²) < 4.78 is 2.17. The van der Waals surface area contributed by atoms with Crippen molar-refractivity contribution in [2.75, 3.05) is 32.7 Å². The number of aromatic nitrogens is 2. The highest BCUT2D eigenvalue weighted by Gasteiger charge is 2.34. The van der Waals surface area contributed by atoms with Crippen LogP contribution < -0.4 is 5.32 Å². The van der Waals surface area contributed by atoms with Gasteiger partial charge in [0.1, 0.15) is 0 Å². The Labute approximate surface area is 176 Å². The highest BCUT2D eigenvalue weighted by atomic mass is 16.2. The maximum Gasteiger partial charge on any atom is 0.261 e. The molecular formula is C22H28N6O2. The van der Waals surface area contributed by atoms with Gasteiger partial charge in [-0.2, -0.15) is 0 Å². The van der Waals surface area contributed by atoms with E-state index >= 15 is 0 Å². The first-order valence-corrected chi connectivity index (χ1v) is 10.6. The molecule has 2 amide bonds. The Bertz CT molecular complexity index is 904. The number of hydrogen-bond donors (Lipinski definition) is 1. The number of benzene rings is 1. The molecule has 4 rings (SSSR count). The number of nitrogens with zero attached hydrogens (tertiary/aromatic N) is 5. The van der Waals surface area contributed by atoms with Crippen LogP contribution in [0.25, 0.3) is 0 Å². The van der Waals surface area contributed by atoms with E-state index in [1.807, 2.05) is 25.6 Å². The third kappa shape index (κ3) is 3.81. The van der Waals surface area contributed by atoms with Gasteiger partial charge in [-0.15, -0.1) is 0 Å². The quantitative estimate of drug-likeness (QED) is 0.465. The SMILES string of the molecule is CCNC(=NCCN1C(=O)c2ccccc2C1=O)N1CCC(C)C(n2ccnc2)C1. The van der Waals surface area contributed by atoms with Crippen LogP contribution in [0.4, 0.5) is 0 Å². The fourth-order valence-electron chi connectivity index (χ4n) is 4.22. The summed E-state index contributed by atoms with van der Waals surface area (Å²) in [5.41, 5.74) is 0.957. The molecule has 2 unspecified atom stereocenters. The second-order valence-corrected chi connectivity index (χ2v) is 7.83. The van der Waals surface area contributed by atoms with Gasteiger partial charge in [0.05, 0.1) is 30.0 Å². The zero-order valence-electron chi connectivity index (χ0n) is 17.5. The molecule has 158 valence electrons. The summed E-state index contributed by atoms with van der Waals surface area (Å²) in [7, 11) is 0. The number of fused-ring (bicyclic) bond motifs is 1. The molecule has 2 aliphatic rings. The van der Waals surface area contributed by atoms with E-state index < -0.39 is 0 Å². The number of amides is 2. The summed E-state index contributed by atoms with van der Waals surface area (Å²) in [5.74, 6) is 0.910. The van der Waals surface area contributed by atoms with Gasteiger partial charge in [-0.25, -0.2) is 4.98 Å². The molecule has 1 aromatic heterocycles. The van der Waals surface area contributed by atoms with Gasteiger partial charge in [0.2, 0.25) is 0 Å². The van der Waals surface area contributed by atoms with Crippen molar-refractivity contribution in [3.8, 4) is 0 Å². The molecule has 0 radical (unpaired) electrons. The minimum absolute atomic E-state index is 0.234. The lowest BCUT2D eigenvalue weighted by Gasteiger charge is -2.39. The van der Waals surface area contributed by atoms with Crippen molar-refractivity contribution in [3.05, 3.63) is 54.1 Å². The molecular weight excluding hydrogens is 380 g/mol. The summed E-state index contributed by atoms with van der Waals surface area (Å²) >= 11 is 0. The van der Waals surface area contributed by atoms with Gasteiger partial charge in [-0.1, -0.05) is 19.1 Å². The first kappa shape index (κ1) is 20.1. The van der Waals surface area contributed by atoms with Crippen LogP contribution in [-0.2, 0) is 0 Å². The van der Waals surface area contributed by atoms with E-state index in [1.165, 1.54) is 4.90 Å². The molecule has 0 aliphatic carbocycles. The maximum absolute atomic E-state index is 12.5. The molecule has 2 aromatic rings. The molecule has 8 nitrogen and oxygen atoms in total. The molecule has 30 heavy (non-hydrogen) atoms. The summed E-state index contributed by atoms with van der Waals surface area (Å²) in [5, 5.41) is 3.36. The standard InChI is InChI=1S/C22H28N6O2/c1-3-24-22(26-11-8-16(2)19(14-26)27-12-9-23-15-27)25-10-13-28-20(29)17-6-4-5-7-18(17)21(28)30/h4-7,9,12,15-16,19H,3,8,10-11,13-14H2,1-2H3,(H,24,25). The number of imide groups is 1. The van der Waals surface area contributed by atoms with E-state index in [4.69, 9.17) is 4.99 Å². The number of hydrogen-bond acceptors (Lipinski definition) is 4. The predicted molar refractivity (Wildman–Crippen MR) is 114 cm³/mol. The molecule has 8 heteroatoms. The number of rotatable bonds is 5. The van der Waals surface area contributed by atoms with Crippen LogP contribution >= 0.6 is 0 Å². The molecule has 1 aromatic carbocycles. The van der Waals surface area contributed by atoms with Gasteiger partial charge in [0.15, 0.2) is 5.96 Å². The second-order valence-electron chi connectivity index (χ2n) is 7.83. The third-order valence-electron chi connectivity index (χ3n) is 5.92. The van der Waals surface area contributed by atoms with Crippen LogP contribution in [0.2, 0.25) is 0 Å². The molecule has 2 atom stereocenters. The highest BCUT2D eigenvalue weighted by Crippen LogP contribution is 2.27. The number of carbonyl (C=O) groups is 2. The molecule has 2 aliphatic heterocycles. The van der Waals surface area contributed by atoms with Gasteiger partial charge in [-0.05, 0) is 31.4 Å². The zero-order chi connectivity index (χ0) is 21.1. The summed E-state index contributed by atoms with van der Waals surface area (Å²) in [6.07, 6.45) is 6.76. The number of guanidine groups is 1. The molecule has 1 N–H and O–H groups in total. The molecule has 3 heterocycles. The molecule has 1 saturated heterocycles. The van der Waals surface area contributed by atoms with Crippen LogP contribution in [0.15, 0.2) is 48.0 Å². The van der Waals surface area contributed by atoms with Gasteiger partial charge in [0.25, 0.3) is 11.8 Å². The number of carbonyl (C=O) groups excluding carboxylic acids is 2. The van der Waals surface area contributed by atoms with Crippen LogP contribution in [0, 0.1) is 5.92 Å². The minimum Gasteiger partial charge on any atom is -0.357 e. The smallest absolute Gasteiger partial charge is 0.261 e. The fraction of sp³-hybridized carbons (Fsp3) is 0.455. The van der Waals surface area contributed by atoms with E-state index in [0.29, 0.717) is 29.6 Å². The molecule has 0 bridgehead atoms. The minimum atomic E-state index is -0.234. The number of imidazole rings is 1. The Hall–Kier alpha value is -3.16. The number of piperidine rings is 1. The van der Waals surface area contributed by atoms with E-state index in [2.05, 4.69) is 26.7 Å². The van der Waals surface area contributed by atoms with Gasteiger partial charge < -0.3 is 14.8 Å². The maximum atomic E-state index is 12.5. The van der Waals surface area contributed by atoms with Crippen molar-refractivity contribution < 1.29 is 9.59 Å². The Morgan fingerprint density at radius 2 is 1.97 bits per heavy atom. The topological polar surface area (TPSA) is 82.8 Å². The number of likely N-dealkylation sites (tertiary alicyclic amines) is 1. The van der Waals surface area contributed by atoms with E-state index in [9.17, 15) is 9.59 Å². The molecule has 1 fully saturated rings. The summed E-state index contributed by atoms with van der Waals surface area (Å²) in [6, 6.07) is 7.30. The van der Waals surface area contributed by atoms with Crippen molar-refractivity contribution in [2.45, 2.75) is 26.3 Å². The Balaban J connectivity index is 1.43. The van der Waals surface area contributed by atoms with Crippen LogP contribution in [0.5, 0.6) is 0 Å². The fourth-order valence-corrected chi connectivity index (χ4v) is 4.22. The lowest BCUT2D eigenvalue weighted by molar-refractivity contribution is 0.0659. The average Bonchev–Trinajstić information content (AvgIpc) is 3.37. The zero-order valence-corrected chi connectivity index (χ0v) is 17.5. The van der Waals surface area contributed by atoms with Crippen LogP contribution in [0.1, 0.15) is 47.0 Å². The highest BCUT2D eigenvalue weighted by molar-refractivity contribution is 6.21. The molecule has 0 saturated carbocycles. The van der Waals surface area contributed by atoms with Crippen LogP contribution in [-0.4, -0.2) is 69.8 Å². The normalized spacial score (nSPS) is 21.9. The van der Waals surface area contributed by atoms with Crippen molar-refractivity contribution in [3.63, 3.8) is 0 Å². The van der Waals surface area contributed by atoms with E-state index in [0.717, 1.165) is 32.0 Å². The van der Waals surface area contributed by atoms with Crippen molar-refractivity contribution in [2.24, 2.45) is 10.9 Å². The Kier molecular flexibility index (Phi) is 5.83. The number of nitrogens with one attached hydrogen (secondary N) is 1. The average molecular weight is 409 g/mol. The molecule has 0 spiro atoms. The van der Waals surface area contributed by atoms with Gasteiger partial charge in [0, 0.05) is 38.6 Å². The lowest BCUT2D eigenvalue weighted by Crippen LogP contribution is -2.49. The van der Waals surface area contributed by atoms with Crippen molar-refractivity contribution in [1.29, 1.82) is 0 Å². The third-order valence-corrected chi connectivity index (χ3v) is 5.92. The Morgan fingerprint density at radius 1 is 1.23 bits per heavy atom. The van der Waals surface area contributed by atoms with Crippen molar-refractivity contribution >= 4 is 17.8 Å². The summed E-state index contributed by atoms with van der Waals surface area (Å²) in [4.78, 5) is 37.6. The number of aliphatic imine (C=N–C) groups is 1.